The largest absolute Gasteiger partial charge is 0.350 e. The van der Waals surface area contributed by atoms with Crippen molar-refractivity contribution in [1.82, 2.24) is 35.6 Å². The molecule has 1 saturated heterocycles. The quantitative estimate of drug-likeness (QED) is 0.331. The minimum absolute atomic E-state index is 0.0322. The molecule has 9 nitrogen and oxygen atoms in total. The van der Waals surface area contributed by atoms with Gasteiger partial charge in [0.25, 0.3) is 0 Å². The Morgan fingerprint density at radius 2 is 1.92 bits per heavy atom. The van der Waals surface area contributed by atoms with Gasteiger partial charge in [0.2, 0.25) is 11.9 Å². The molecule has 2 fully saturated rings. The zero-order valence-corrected chi connectivity index (χ0v) is 20.5. The second-order valence-corrected chi connectivity index (χ2v) is 10.0. The molecule has 2 aliphatic rings. The topological polar surface area (TPSA) is 105 Å². The molecular formula is C24H29F4N9. The zero-order valence-electron chi connectivity index (χ0n) is 20.5. The highest BCUT2D eigenvalue weighted by molar-refractivity contribution is 5.39. The van der Waals surface area contributed by atoms with Gasteiger partial charge in [-0.25, -0.2) is 13.5 Å². The Balaban J connectivity index is 1.42. The summed E-state index contributed by atoms with van der Waals surface area (Å²) in [7, 11) is 0. The van der Waals surface area contributed by atoms with Crippen LogP contribution in [0.4, 0.5) is 29.5 Å². The highest BCUT2D eigenvalue weighted by Crippen LogP contribution is 2.36. The number of nitrogens with zero attached hydrogens (tertiary/aromatic N) is 5. The highest BCUT2D eigenvalue weighted by atomic mass is 19.3. The van der Waals surface area contributed by atoms with Crippen molar-refractivity contribution in [2.24, 2.45) is 5.92 Å². The number of fused-ring (bicyclic) bond motifs is 1. The molecule has 0 bridgehead atoms. The molecule has 3 atom stereocenters. The van der Waals surface area contributed by atoms with E-state index in [0.29, 0.717) is 28.2 Å². The van der Waals surface area contributed by atoms with Crippen LogP contribution in [-0.4, -0.2) is 37.3 Å². The lowest BCUT2D eigenvalue weighted by atomic mass is 9.79. The summed E-state index contributed by atoms with van der Waals surface area (Å²) in [6.07, 6.45) is 3.96. The summed E-state index contributed by atoms with van der Waals surface area (Å²) in [5.41, 5.74) is 6.15. The molecule has 3 unspecified atom stereocenters. The molecule has 1 aliphatic carbocycles. The van der Waals surface area contributed by atoms with E-state index in [1.807, 2.05) is 0 Å². The van der Waals surface area contributed by atoms with E-state index in [0.717, 1.165) is 31.9 Å². The molecule has 3 heterocycles. The predicted octanol–water partition coefficient (Wildman–Crippen LogP) is 4.06. The minimum Gasteiger partial charge on any atom is -0.350 e. The Kier molecular flexibility index (Phi) is 6.99. The highest BCUT2D eigenvalue weighted by Gasteiger charge is 2.36. The Morgan fingerprint density at radius 3 is 2.70 bits per heavy atom. The molecule has 0 radical (unpaired) electrons. The van der Waals surface area contributed by atoms with Crippen molar-refractivity contribution in [2.75, 3.05) is 17.2 Å². The fraction of sp³-hybridized carbons (Fsp3) is 0.500. The van der Waals surface area contributed by atoms with Gasteiger partial charge in [0.05, 0.1) is 11.2 Å². The fourth-order valence-corrected chi connectivity index (χ4v) is 4.90. The number of hydrazine groups is 1. The number of hydrogen-bond donors (Lipinski definition) is 4. The molecule has 13 heteroatoms. The van der Waals surface area contributed by atoms with Crippen LogP contribution in [0.25, 0.3) is 0 Å². The van der Waals surface area contributed by atoms with E-state index in [-0.39, 0.29) is 29.9 Å². The van der Waals surface area contributed by atoms with Crippen LogP contribution in [0.1, 0.15) is 62.7 Å². The number of anilines is 2. The van der Waals surface area contributed by atoms with Crippen molar-refractivity contribution >= 4 is 11.9 Å². The maximum Gasteiger partial charge on any atom is 0.333 e. The van der Waals surface area contributed by atoms with Crippen LogP contribution >= 0.6 is 0 Å². The van der Waals surface area contributed by atoms with Gasteiger partial charge in [0.1, 0.15) is 5.82 Å². The lowest BCUT2D eigenvalue weighted by molar-refractivity contribution is 0.0558. The molecule has 2 aromatic heterocycles. The smallest absolute Gasteiger partial charge is 0.333 e. The van der Waals surface area contributed by atoms with E-state index in [9.17, 15) is 17.6 Å². The lowest BCUT2D eigenvalue weighted by Crippen LogP contribution is -2.36. The predicted molar refractivity (Wildman–Crippen MR) is 129 cm³/mol. The SMILES string of the molecule is CC(C)(Nc1nc(NCc2cccc(F)c2F)nc(C2CCC3CNNC3C2)n1)c1ccn(C(F)F)n1. The normalized spacial score (nSPS) is 21.8. The van der Waals surface area contributed by atoms with Gasteiger partial charge in [-0.1, -0.05) is 12.1 Å². The summed E-state index contributed by atoms with van der Waals surface area (Å²) < 4.78 is 54.6. The van der Waals surface area contributed by atoms with Gasteiger partial charge in [-0.15, -0.1) is 0 Å². The van der Waals surface area contributed by atoms with E-state index in [1.165, 1.54) is 24.4 Å². The average Bonchev–Trinajstić information content (AvgIpc) is 3.55. The minimum atomic E-state index is -2.75. The summed E-state index contributed by atoms with van der Waals surface area (Å²) in [5, 5.41) is 10.1. The molecule has 198 valence electrons. The van der Waals surface area contributed by atoms with Crippen LogP contribution in [0.5, 0.6) is 0 Å². The molecule has 4 N–H and O–H groups in total. The van der Waals surface area contributed by atoms with E-state index >= 15 is 0 Å². The molecule has 5 rings (SSSR count). The first-order valence-electron chi connectivity index (χ1n) is 12.2. The first-order valence-corrected chi connectivity index (χ1v) is 12.2. The monoisotopic (exact) mass is 519 g/mol. The van der Waals surface area contributed by atoms with Crippen LogP contribution in [0.15, 0.2) is 30.5 Å². The number of halogens is 4. The molecule has 1 aromatic carbocycles. The Bertz CT molecular complexity index is 1250. The van der Waals surface area contributed by atoms with Gasteiger partial charge in [-0.3, -0.25) is 10.9 Å². The van der Waals surface area contributed by atoms with Crippen LogP contribution in [0, 0.1) is 17.6 Å². The number of rotatable bonds is 8. The maximum absolute atomic E-state index is 14.2. The van der Waals surface area contributed by atoms with Crippen molar-refractivity contribution < 1.29 is 17.6 Å². The average molecular weight is 520 g/mol. The second-order valence-electron chi connectivity index (χ2n) is 10.0. The van der Waals surface area contributed by atoms with Crippen LogP contribution < -0.4 is 21.5 Å². The van der Waals surface area contributed by atoms with Crippen molar-refractivity contribution in [2.45, 2.75) is 63.7 Å². The molecule has 0 spiro atoms. The summed E-state index contributed by atoms with van der Waals surface area (Å²) in [5.74, 6) is -0.263. The maximum atomic E-state index is 14.2. The summed E-state index contributed by atoms with van der Waals surface area (Å²) >= 11 is 0. The summed E-state index contributed by atoms with van der Waals surface area (Å²) in [4.78, 5) is 13.7. The van der Waals surface area contributed by atoms with Crippen molar-refractivity contribution in [1.29, 1.82) is 0 Å². The van der Waals surface area contributed by atoms with Crippen LogP contribution in [-0.2, 0) is 12.1 Å². The van der Waals surface area contributed by atoms with Gasteiger partial charge in [0, 0.05) is 36.8 Å². The van der Waals surface area contributed by atoms with Gasteiger partial charge in [0.15, 0.2) is 11.6 Å². The Labute approximate surface area is 211 Å². The molecule has 1 saturated carbocycles. The van der Waals surface area contributed by atoms with E-state index < -0.39 is 23.7 Å². The first kappa shape index (κ1) is 25.3. The standard InChI is InChI=1S/C24H29F4N9/c1-24(2,18-8-9-37(36-18)21(27)28)34-23-32-20(13-6-7-14-12-30-35-17(14)10-13)31-22(33-23)29-11-15-4-3-5-16(25)19(15)26/h3-5,8-9,13-14,17,21,30,35H,6-7,10-12H2,1-2H3,(H2,29,31,32,33,34). The fourth-order valence-electron chi connectivity index (χ4n) is 4.90. The molecular weight excluding hydrogens is 490 g/mol. The van der Waals surface area contributed by atoms with Gasteiger partial charge < -0.3 is 10.6 Å². The molecule has 1 aliphatic heterocycles. The first-order chi connectivity index (χ1) is 17.7. The molecule has 3 aromatic rings. The summed E-state index contributed by atoms with van der Waals surface area (Å²) in [6, 6.07) is 5.78. The zero-order chi connectivity index (χ0) is 26.2. The van der Waals surface area contributed by atoms with E-state index in [2.05, 4.69) is 41.5 Å². The van der Waals surface area contributed by atoms with Crippen LogP contribution in [0.2, 0.25) is 0 Å². The van der Waals surface area contributed by atoms with Crippen molar-refractivity contribution in [3.05, 3.63) is 59.2 Å². The van der Waals surface area contributed by atoms with Crippen molar-refractivity contribution in [3.63, 3.8) is 0 Å². The number of hydrogen-bond acceptors (Lipinski definition) is 8. The van der Waals surface area contributed by atoms with Gasteiger partial charge in [-0.05, 0) is 51.2 Å². The van der Waals surface area contributed by atoms with Crippen molar-refractivity contribution in [3.8, 4) is 0 Å². The number of alkyl halides is 2. The van der Waals surface area contributed by atoms with Gasteiger partial charge in [-0.2, -0.15) is 28.8 Å². The number of nitrogens with one attached hydrogen (secondary N) is 4. The third kappa shape index (κ3) is 5.52. The lowest BCUT2D eigenvalue weighted by Gasteiger charge is -2.30. The number of aromatic nitrogens is 5. The third-order valence-electron chi connectivity index (χ3n) is 7.00. The van der Waals surface area contributed by atoms with Crippen LogP contribution in [0.3, 0.4) is 0 Å². The molecule has 37 heavy (non-hydrogen) atoms. The third-order valence-corrected chi connectivity index (χ3v) is 7.00. The Hall–Kier alpha value is -3.32. The van der Waals surface area contributed by atoms with E-state index in [1.54, 1.807) is 13.8 Å². The van der Waals surface area contributed by atoms with Gasteiger partial charge >= 0.3 is 6.55 Å². The Morgan fingerprint density at radius 1 is 1.11 bits per heavy atom. The number of benzene rings is 1. The molecule has 0 amide bonds. The second kappa shape index (κ2) is 10.2. The van der Waals surface area contributed by atoms with E-state index in [4.69, 9.17) is 0 Å². The summed E-state index contributed by atoms with van der Waals surface area (Å²) in [6.45, 7) is 1.70.